The van der Waals surface area contributed by atoms with E-state index < -0.39 is 0 Å². The van der Waals surface area contributed by atoms with Gasteiger partial charge < -0.3 is 10.6 Å². The third kappa shape index (κ3) is 0.429. The van der Waals surface area contributed by atoms with Crippen LogP contribution in [0.2, 0.25) is 0 Å². The third-order valence-electron chi connectivity index (χ3n) is 0.627. The van der Waals surface area contributed by atoms with Crippen LogP contribution in [-0.4, -0.2) is 12.5 Å². The summed E-state index contributed by atoms with van der Waals surface area (Å²) in [5, 5.41) is 12.2. The Morgan fingerprint density at radius 3 is 2.83 bits per heavy atom. The van der Waals surface area contributed by atoms with Crippen molar-refractivity contribution in [3.63, 3.8) is 0 Å². The van der Waals surface area contributed by atoms with E-state index >= 15 is 0 Å². The summed E-state index contributed by atoms with van der Waals surface area (Å²) >= 11 is 0. The van der Waals surface area contributed by atoms with Gasteiger partial charge in [-0.2, -0.15) is 0 Å². The van der Waals surface area contributed by atoms with Gasteiger partial charge in [-0.05, 0) is 0 Å². The lowest BCUT2D eigenvalue weighted by Gasteiger charge is -1.85. The quantitative estimate of drug-likeness (QED) is 0.362. The van der Waals surface area contributed by atoms with Crippen LogP contribution in [0, 0.1) is 12.0 Å². The molecule has 1 saturated heterocycles. The van der Waals surface area contributed by atoms with Crippen LogP contribution >= 0.6 is 0 Å². The molecule has 6 heavy (non-hydrogen) atoms. The first-order valence-corrected chi connectivity index (χ1v) is 1.80. The number of rotatable bonds is 0. The minimum absolute atomic E-state index is 0.398. The van der Waals surface area contributed by atoms with Crippen molar-refractivity contribution < 1.29 is 0 Å². The molecule has 1 aliphatic rings. The molecule has 0 spiro atoms. The van der Waals surface area contributed by atoms with Gasteiger partial charge in [0.1, 0.15) is 0 Å². The van der Waals surface area contributed by atoms with E-state index in [2.05, 4.69) is 10.6 Å². The smallest absolute Gasteiger partial charge is 0.188 e. The lowest BCUT2D eigenvalue weighted by Crippen LogP contribution is -2.20. The average Bonchev–Trinajstić information content (AvgIpc) is 1.86. The molecule has 1 heterocycles. The molecule has 1 radical (unpaired) electrons. The zero-order valence-corrected chi connectivity index (χ0v) is 3.28. The van der Waals surface area contributed by atoms with E-state index in [0.717, 1.165) is 6.54 Å². The highest BCUT2D eigenvalue weighted by atomic mass is 15.2. The fourth-order valence-corrected chi connectivity index (χ4v) is 0.357. The summed E-state index contributed by atoms with van der Waals surface area (Å²) in [6, 6.07) is 0. The van der Waals surface area contributed by atoms with Crippen molar-refractivity contribution >= 4 is 5.96 Å². The van der Waals surface area contributed by atoms with Crippen LogP contribution in [0.5, 0.6) is 0 Å². The van der Waals surface area contributed by atoms with Crippen LogP contribution in [0.3, 0.4) is 0 Å². The normalized spacial score (nSPS) is 19.7. The molecule has 0 atom stereocenters. The molecule has 1 aliphatic heterocycles. The highest BCUT2D eigenvalue weighted by molar-refractivity contribution is 5.79. The first-order chi connectivity index (χ1) is 2.89. The number of hydrogen-bond acceptors (Lipinski definition) is 1. The van der Waals surface area contributed by atoms with Gasteiger partial charge in [0, 0.05) is 6.54 Å². The molecule has 3 nitrogen and oxygen atoms in total. The first kappa shape index (κ1) is 3.46. The lowest BCUT2D eigenvalue weighted by atomic mass is 10.7. The predicted octanol–water partition coefficient (Wildman–Crippen LogP) is -0.724. The van der Waals surface area contributed by atoms with Crippen molar-refractivity contribution in [3.05, 3.63) is 6.54 Å². The Morgan fingerprint density at radius 2 is 2.67 bits per heavy atom. The van der Waals surface area contributed by atoms with Crippen molar-refractivity contribution in [1.29, 1.82) is 5.41 Å². The van der Waals surface area contributed by atoms with E-state index in [4.69, 9.17) is 5.41 Å². The van der Waals surface area contributed by atoms with Crippen LogP contribution in [0.15, 0.2) is 0 Å². The summed E-state index contributed by atoms with van der Waals surface area (Å²) in [5.74, 6) is 0.398. The molecule has 0 aliphatic carbocycles. The third-order valence-corrected chi connectivity index (χ3v) is 0.627. The minimum Gasteiger partial charge on any atom is -0.354 e. The zero-order chi connectivity index (χ0) is 4.41. The van der Waals surface area contributed by atoms with Crippen LogP contribution in [0.25, 0.3) is 0 Å². The molecule has 0 amide bonds. The Balaban J connectivity index is 2.37. The molecule has 1 rings (SSSR count). The van der Waals surface area contributed by atoms with Crippen molar-refractivity contribution in [2.24, 2.45) is 0 Å². The molecule has 0 unspecified atom stereocenters. The summed E-state index contributed by atoms with van der Waals surface area (Å²) in [5.41, 5.74) is 0. The van der Waals surface area contributed by atoms with Gasteiger partial charge in [0.15, 0.2) is 5.96 Å². The summed E-state index contributed by atoms with van der Waals surface area (Å²) in [6.45, 7) is 2.57. The van der Waals surface area contributed by atoms with Crippen LogP contribution in [0.1, 0.15) is 0 Å². The highest BCUT2D eigenvalue weighted by Crippen LogP contribution is 1.74. The van der Waals surface area contributed by atoms with E-state index in [1.165, 1.54) is 0 Å². The fourth-order valence-electron chi connectivity index (χ4n) is 0.357. The molecule has 0 aromatic carbocycles. The van der Waals surface area contributed by atoms with Crippen LogP contribution in [0.4, 0.5) is 0 Å². The Labute approximate surface area is 36.2 Å². The predicted molar refractivity (Wildman–Crippen MR) is 23.2 cm³/mol. The summed E-state index contributed by atoms with van der Waals surface area (Å²) in [4.78, 5) is 0. The maximum atomic E-state index is 6.80. The van der Waals surface area contributed by atoms with Gasteiger partial charge in [0.2, 0.25) is 0 Å². The molecule has 3 N–H and O–H groups in total. The molecule has 1 fully saturated rings. The lowest BCUT2D eigenvalue weighted by molar-refractivity contribution is 1.05. The van der Waals surface area contributed by atoms with Crippen molar-refractivity contribution in [2.45, 2.75) is 0 Å². The Morgan fingerprint density at radius 1 is 1.83 bits per heavy atom. The maximum absolute atomic E-state index is 6.80. The minimum atomic E-state index is 0.398. The number of hydrogen-bond donors (Lipinski definition) is 3. The Kier molecular flexibility index (Phi) is 0.670. The zero-order valence-electron chi connectivity index (χ0n) is 3.28. The maximum Gasteiger partial charge on any atom is 0.188 e. The molecule has 0 aromatic heterocycles. The molecular weight excluding hydrogens is 78.1 g/mol. The molecule has 0 saturated carbocycles. The van der Waals surface area contributed by atoms with Crippen molar-refractivity contribution in [3.8, 4) is 0 Å². The fraction of sp³-hybridized carbons (Fsp3) is 0.333. The Bertz CT molecular complexity index is 60.4. The summed E-state index contributed by atoms with van der Waals surface area (Å²) in [6.07, 6.45) is 0. The average molecular weight is 84.1 g/mol. The first-order valence-electron chi connectivity index (χ1n) is 1.80. The standard InChI is InChI=1S/C3H6N3/c4-3-5-1-2-6-3/h1H,2H2,(H3,4,5,6). The molecule has 0 aromatic rings. The topological polar surface area (TPSA) is 47.9 Å². The number of guanidine groups is 1. The SMILES string of the molecule is N=C1N[CH]CN1. The van der Waals surface area contributed by atoms with Crippen LogP contribution in [-0.2, 0) is 0 Å². The molecule has 0 bridgehead atoms. The Hall–Kier alpha value is -0.730. The van der Waals surface area contributed by atoms with Gasteiger partial charge >= 0.3 is 0 Å². The van der Waals surface area contributed by atoms with E-state index in [1.807, 2.05) is 0 Å². The van der Waals surface area contributed by atoms with Gasteiger partial charge in [-0.3, -0.25) is 5.41 Å². The summed E-state index contributed by atoms with van der Waals surface area (Å²) < 4.78 is 0. The highest BCUT2D eigenvalue weighted by Gasteiger charge is 1.99. The van der Waals surface area contributed by atoms with Crippen molar-refractivity contribution in [2.75, 3.05) is 6.54 Å². The van der Waals surface area contributed by atoms with E-state index in [-0.39, 0.29) is 0 Å². The van der Waals surface area contributed by atoms with Gasteiger partial charge in [-0.25, -0.2) is 0 Å². The summed E-state index contributed by atoms with van der Waals surface area (Å²) in [7, 11) is 0. The number of nitrogens with one attached hydrogen (secondary N) is 3. The van der Waals surface area contributed by atoms with Gasteiger partial charge in [0.05, 0.1) is 6.54 Å². The molecule has 33 valence electrons. The largest absolute Gasteiger partial charge is 0.354 e. The van der Waals surface area contributed by atoms with E-state index in [9.17, 15) is 0 Å². The second-order valence-corrected chi connectivity index (χ2v) is 1.10. The van der Waals surface area contributed by atoms with Crippen LogP contribution < -0.4 is 10.6 Å². The van der Waals surface area contributed by atoms with Gasteiger partial charge in [-0.1, -0.05) is 0 Å². The monoisotopic (exact) mass is 84.1 g/mol. The second kappa shape index (κ2) is 1.16. The molecular formula is C3H6N3. The van der Waals surface area contributed by atoms with Gasteiger partial charge in [-0.15, -0.1) is 0 Å². The van der Waals surface area contributed by atoms with Crippen molar-refractivity contribution in [1.82, 2.24) is 10.6 Å². The molecule has 3 heteroatoms. The van der Waals surface area contributed by atoms with E-state index in [1.54, 1.807) is 6.54 Å². The van der Waals surface area contributed by atoms with Gasteiger partial charge in [0.25, 0.3) is 0 Å². The second-order valence-electron chi connectivity index (χ2n) is 1.10. The van der Waals surface area contributed by atoms with E-state index in [0.29, 0.717) is 5.96 Å².